The molecule has 0 unspecified atom stereocenters. The Hall–Kier alpha value is -3.41. The molecule has 0 aliphatic carbocycles. The fourth-order valence-electron chi connectivity index (χ4n) is 3.64. The van der Waals surface area contributed by atoms with E-state index in [1.807, 2.05) is 17.6 Å². The second-order valence-corrected chi connectivity index (χ2v) is 7.52. The smallest absolute Gasteiger partial charge is 0.272 e. The molecule has 0 spiro atoms. The van der Waals surface area contributed by atoms with Crippen molar-refractivity contribution in [2.75, 3.05) is 5.32 Å². The Bertz CT molecular complexity index is 1130. The van der Waals surface area contributed by atoms with Crippen LogP contribution < -0.4 is 5.32 Å². The summed E-state index contributed by atoms with van der Waals surface area (Å²) in [5, 5.41) is 14.9. The first-order chi connectivity index (χ1) is 13.7. The van der Waals surface area contributed by atoms with Crippen molar-refractivity contribution in [1.29, 1.82) is 0 Å². The number of carbonyl (C=O) groups is 1. The summed E-state index contributed by atoms with van der Waals surface area (Å²) in [6.07, 6.45) is 1.77. The Balaban J connectivity index is 2.05. The maximum atomic E-state index is 13.1. The van der Waals surface area contributed by atoms with Crippen molar-refractivity contribution in [3.8, 4) is 0 Å². The summed E-state index contributed by atoms with van der Waals surface area (Å²) in [5.74, 6) is 0.141. The molecular formula is C23H25N3O3. The number of nitrogens with one attached hydrogen (secondary N) is 1. The van der Waals surface area contributed by atoms with Crippen LogP contribution in [0.5, 0.6) is 0 Å². The molecule has 1 N–H and O–H groups in total. The van der Waals surface area contributed by atoms with Crippen LogP contribution in [-0.4, -0.2) is 15.4 Å². The number of nitrogens with zero attached hydrogens (tertiary/aromatic N) is 2. The number of benzene rings is 2. The van der Waals surface area contributed by atoms with Gasteiger partial charge in [-0.3, -0.25) is 14.9 Å². The lowest BCUT2D eigenvalue weighted by Crippen LogP contribution is -2.18. The molecule has 0 saturated heterocycles. The quantitative estimate of drug-likeness (QED) is 0.331. The molecule has 6 heteroatoms. The predicted molar refractivity (Wildman–Crippen MR) is 117 cm³/mol. The number of aryl methyl sites for hydroxylation is 2. The Kier molecular flexibility index (Phi) is 5.55. The molecule has 1 amide bonds. The normalized spacial score (nSPS) is 11.1. The summed E-state index contributed by atoms with van der Waals surface area (Å²) >= 11 is 0. The number of amides is 1. The number of fused-ring (bicyclic) bond motifs is 1. The number of hydrogen-bond donors (Lipinski definition) is 1. The first-order valence-electron chi connectivity index (χ1n) is 9.54. The molecule has 2 aromatic carbocycles. The van der Waals surface area contributed by atoms with Crippen LogP contribution in [0.1, 0.15) is 46.9 Å². The topological polar surface area (TPSA) is 77.2 Å². The van der Waals surface area contributed by atoms with Crippen molar-refractivity contribution in [3.05, 3.63) is 81.6 Å². The second kappa shape index (κ2) is 7.91. The van der Waals surface area contributed by atoms with Crippen molar-refractivity contribution in [2.24, 2.45) is 0 Å². The van der Waals surface area contributed by atoms with E-state index in [-0.39, 0.29) is 11.6 Å². The zero-order valence-electron chi connectivity index (χ0n) is 17.2. The minimum absolute atomic E-state index is 0.0289. The van der Waals surface area contributed by atoms with Crippen molar-refractivity contribution in [1.82, 2.24) is 4.57 Å². The summed E-state index contributed by atoms with van der Waals surface area (Å²) in [4.78, 5) is 23.7. The van der Waals surface area contributed by atoms with Gasteiger partial charge >= 0.3 is 0 Å². The summed E-state index contributed by atoms with van der Waals surface area (Å²) in [6.45, 7) is 12.2. The van der Waals surface area contributed by atoms with Gasteiger partial charge < -0.3 is 9.88 Å². The molecule has 150 valence electrons. The minimum Gasteiger partial charge on any atom is -0.332 e. The van der Waals surface area contributed by atoms with Gasteiger partial charge in [-0.2, -0.15) is 0 Å². The van der Waals surface area contributed by atoms with E-state index < -0.39 is 4.92 Å². The fourth-order valence-corrected chi connectivity index (χ4v) is 3.64. The first-order valence-corrected chi connectivity index (χ1v) is 9.54. The van der Waals surface area contributed by atoms with Gasteiger partial charge in [0.25, 0.3) is 11.6 Å². The molecule has 0 saturated carbocycles. The fraction of sp³-hybridized carbons (Fsp3) is 0.261. The largest absolute Gasteiger partial charge is 0.332 e. The Morgan fingerprint density at radius 3 is 2.55 bits per heavy atom. The van der Waals surface area contributed by atoms with Crippen molar-refractivity contribution in [3.63, 3.8) is 0 Å². The van der Waals surface area contributed by atoms with Crippen LogP contribution in [0.15, 0.2) is 49.1 Å². The van der Waals surface area contributed by atoms with Gasteiger partial charge in [0.2, 0.25) is 0 Å². The number of anilines is 1. The molecule has 29 heavy (non-hydrogen) atoms. The third-order valence-corrected chi connectivity index (χ3v) is 5.19. The van der Waals surface area contributed by atoms with Crippen molar-refractivity contribution < 1.29 is 9.72 Å². The molecule has 6 nitrogen and oxygen atoms in total. The van der Waals surface area contributed by atoms with Gasteiger partial charge in [0.1, 0.15) is 5.69 Å². The lowest BCUT2D eigenvalue weighted by Gasteiger charge is -2.11. The molecule has 1 heterocycles. The van der Waals surface area contributed by atoms with Crippen LogP contribution >= 0.6 is 0 Å². The molecule has 0 aliphatic heterocycles. The number of hydrogen-bond acceptors (Lipinski definition) is 3. The molecule has 0 atom stereocenters. The number of rotatable bonds is 6. The van der Waals surface area contributed by atoms with E-state index in [4.69, 9.17) is 0 Å². The zero-order chi connectivity index (χ0) is 21.3. The molecule has 0 bridgehead atoms. The van der Waals surface area contributed by atoms with Crippen LogP contribution in [-0.2, 0) is 6.54 Å². The third-order valence-electron chi connectivity index (χ3n) is 5.19. The number of allylic oxidation sites excluding steroid dienone is 1. The second-order valence-electron chi connectivity index (χ2n) is 7.52. The Morgan fingerprint density at radius 2 is 1.97 bits per heavy atom. The third kappa shape index (κ3) is 3.78. The van der Waals surface area contributed by atoms with Crippen LogP contribution in [0.3, 0.4) is 0 Å². The lowest BCUT2D eigenvalue weighted by molar-refractivity contribution is -0.385. The van der Waals surface area contributed by atoms with Gasteiger partial charge in [-0.25, -0.2) is 0 Å². The van der Waals surface area contributed by atoms with Crippen molar-refractivity contribution in [2.45, 2.75) is 40.2 Å². The highest BCUT2D eigenvalue weighted by Crippen LogP contribution is 2.30. The highest BCUT2D eigenvalue weighted by atomic mass is 16.6. The Labute approximate surface area is 170 Å². The molecule has 3 aromatic rings. The van der Waals surface area contributed by atoms with Gasteiger partial charge in [-0.1, -0.05) is 26.0 Å². The van der Waals surface area contributed by atoms with Crippen LogP contribution in [0, 0.1) is 24.0 Å². The standard InChI is InChI=1S/C23H25N3O3/c1-6-11-25-21-9-7-17(14(2)3)13-19(21)16(5)22(25)23(27)24-18-8-10-20(26(28)29)15(4)12-18/h6-10,12-14H,1,11H2,2-5H3,(H,24,27). The van der Waals surface area contributed by atoms with E-state index in [0.29, 0.717) is 29.4 Å². The van der Waals surface area contributed by atoms with Crippen molar-refractivity contribution >= 4 is 28.2 Å². The number of carbonyl (C=O) groups excluding carboxylic acids is 1. The van der Waals surface area contributed by atoms with Crippen LogP contribution in [0.4, 0.5) is 11.4 Å². The predicted octanol–water partition coefficient (Wildman–Crippen LogP) is 5.73. The van der Waals surface area contributed by atoms with Gasteiger partial charge in [-0.15, -0.1) is 6.58 Å². The number of aromatic nitrogens is 1. The summed E-state index contributed by atoms with van der Waals surface area (Å²) in [5.41, 5.74) is 4.72. The molecule has 0 fully saturated rings. The van der Waals surface area contributed by atoms with E-state index in [1.165, 1.54) is 11.6 Å². The van der Waals surface area contributed by atoms with Gasteiger partial charge in [-0.05, 0) is 55.2 Å². The van der Waals surface area contributed by atoms with E-state index in [9.17, 15) is 14.9 Å². The first kappa shape index (κ1) is 20.3. The number of nitro groups is 1. The van der Waals surface area contributed by atoms with Gasteiger partial charge in [0.05, 0.1) is 4.92 Å². The number of nitro benzene ring substituents is 1. The molecular weight excluding hydrogens is 366 g/mol. The monoisotopic (exact) mass is 391 g/mol. The van der Waals surface area contributed by atoms with E-state index in [2.05, 4.69) is 37.9 Å². The van der Waals surface area contributed by atoms with E-state index in [0.717, 1.165) is 16.5 Å². The van der Waals surface area contributed by atoms with E-state index >= 15 is 0 Å². The zero-order valence-corrected chi connectivity index (χ0v) is 17.2. The molecule has 3 rings (SSSR count). The lowest BCUT2D eigenvalue weighted by atomic mass is 10.0. The highest BCUT2D eigenvalue weighted by Gasteiger charge is 2.21. The van der Waals surface area contributed by atoms with Crippen LogP contribution in [0.25, 0.3) is 10.9 Å². The average molecular weight is 391 g/mol. The van der Waals surface area contributed by atoms with Crippen LogP contribution in [0.2, 0.25) is 0 Å². The Morgan fingerprint density at radius 1 is 1.24 bits per heavy atom. The highest BCUT2D eigenvalue weighted by molar-refractivity contribution is 6.08. The molecule has 0 radical (unpaired) electrons. The SMILES string of the molecule is C=CCn1c(C(=O)Nc2ccc([N+](=O)[O-])c(C)c2)c(C)c2cc(C(C)C)ccc21. The summed E-state index contributed by atoms with van der Waals surface area (Å²) in [7, 11) is 0. The molecule has 0 aliphatic rings. The minimum atomic E-state index is -0.431. The maximum absolute atomic E-state index is 13.1. The summed E-state index contributed by atoms with van der Waals surface area (Å²) in [6, 6.07) is 10.9. The summed E-state index contributed by atoms with van der Waals surface area (Å²) < 4.78 is 1.95. The average Bonchev–Trinajstić information content (AvgIpc) is 2.93. The molecule has 1 aromatic heterocycles. The van der Waals surface area contributed by atoms with Gasteiger partial charge in [0.15, 0.2) is 0 Å². The van der Waals surface area contributed by atoms with Gasteiger partial charge in [0, 0.05) is 34.8 Å². The van der Waals surface area contributed by atoms with E-state index in [1.54, 1.807) is 25.1 Å². The maximum Gasteiger partial charge on any atom is 0.272 e.